The summed E-state index contributed by atoms with van der Waals surface area (Å²) >= 11 is 0. The molecule has 0 saturated carbocycles. The highest BCUT2D eigenvalue weighted by Gasteiger charge is 2.13. The maximum absolute atomic E-state index is 11.1. The summed E-state index contributed by atoms with van der Waals surface area (Å²) in [5.74, 6) is -0.0776. The molecule has 2 aromatic carbocycles. The molecule has 3 rings (SSSR count). The van der Waals surface area contributed by atoms with E-state index in [-0.39, 0.29) is 5.56 Å². The number of carbonyl (C=O) groups is 1. The number of rotatable bonds is 2. The fourth-order valence-corrected chi connectivity index (χ4v) is 2.39. The molecule has 0 radical (unpaired) electrons. The molecule has 1 N–H and O–H groups in total. The van der Waals surface area contributed by atoms with Crippen molar-refractivity contribution in [3.8, 4) is 11.4 Å². The number of hydrogen-bond donors (Lipinski definition) is 1. The van der Waals surface area contributed by atoms with E-state index in [0.717, 1.165) is 28.0 Å². The minimum atomic E-state index is -0.925. The van der Waals surface area contributed by atoms with E-state index in [9.17, 15) is 4.79 Å². The Morgan fingerprint density at radius 1 is 1.20 bits per heavy atom. The quantitative estimate of drug-likeness (QED) is 0.774. The second-order valence-corrected chi connectivity index (χ2v) is 4.82. The Hall–Kier alpha value is -2.62. The maximum Gasteiger partial charge on any atom is 0.335 e. The monoisotopic (exact) mass is 266 g/mol. The van der Waals surface area contributed by atoms with Crippen molar-refractivity contribution in [2.24, 2.45) is 7.05 Å². The summed E-state index contributed by atoms with van der Waals surface area (Å²) in [5.41, 5.74) is 4.10. The molecule has 0 unspecified atom stereocenters. The molecule has 1 aromatic heterocycles. The van der Waals surface area contributed by atoms with Crippen molar-refractivity contribution in [2.45, 2.75) is 6.92 Å². The number of carboxylic acid groups (broad SMARTS) is 1. The molecule has 0 spiro atoms. The number of aromatic carboxylic acids is 1. The average molecular weight is 266 g/mol. The predicted molar refractivity (Wildman–Crippen MR) is 77.8 cm³/mol. The number of benzene rings is 2. The van der Waals surface area contributed by atoms with Crippen LogP contribution in [0.1, 0.15) is 15.9 Å². The van der Waals surface area contributed by atoms with Crippen molar-refractivity contribution in [2.75, 3.05) is 0 Å². The molecular weight excluding hydrogens is 252 g/mol. The fraction of sp³-hybridized carbons (Fsp3) is 0.125. The van der Waals surface area contributed by atoms with E-state index >= 15 is 0 Å². The summed E-state index contributed by atoms with van der Waals surface area (Å²) in [6.45, 7) is 2.04. The Morgan fingerprint density at radius 3 is 2.65 bits per heavy atom. The molecule has 0 saturated heterocycles. The van der Waals surface area contributed by atoms with E-state index < -0.39 is 5.97 Å². The van der Waals surface area contributed by atoms with Crippen LogP contribution in [0.3, 0.4) is 0 Å². The summed E-state index contributed by atoms with van der Waals surface area (Å²) in [6.07, 6.45) is 0. The average Bonchev–Trinajstić information content (AvgIpc) is 2.76. The number of imidazole rings is 1. The third kappa shape index (κ3) is 1.86. The van der Waals surface area contributed by atoms with Gasteiger partial charge < -0.3 is 9.67 Å². The maximum atomic E-state index is 11.1. The zero-order valence-electron chi connectivity index (χ0n) is 11.3. The molecule has 100 valence electrons. The van der Waals surface area contributed by atoms with Gasteiger partial charge in [-0.25, -0.2) is 9.78 Å². The summed E-state index contributed by atoms with van der Waals surface area (Å²) in [6, 6.07) is 13.0. The van der Waals surface area contributed by atoms with Gasteiger partial charge in [0.1, 0.15) is 5.82 Å². The smallest absolute Gasteiger partial charge is 0.335 e. The first-order valence-electron chi connectivity index (χ1n) is 6.33. The van der Waals surface area contributed by atoms with Gasteiger partial charge in [-0.15, -0.1) is 0 Å². The zero-order valence-corrected chi connectivity index (χ0v) is 11.3. The first-order chi connectivity index (χ1) is 9.58. The normalized spacial score (nSPS) is 10.9. The van der Waals surface area contributed by atoms with Gasteiger partial charge in [0.25, 0.3) is 0 Å². The van der Waals surface area contributed by atoms with Gasteiger partial charge in [0.2, 0.25) is 0 Å². The van der Waals surface area contributed by atoms with Crippen LogP contribution in [-0.2, 0) is 7.05 Å². The van der Waals surface area contributed by atoms with E-state index in [0.29, 0.717) is 0 Å². The van der Waals surface area contributed by atoms with Gasteiger partial charge in [-0.2, -0.15) is 0 Å². The third-order valence-electron chi connectivity index (χ3n) is 3.51. The largest absolute Gasteiger partial charge is 0.478 e. The zero-order chi connectivity index (χ0) is 14.3. The van der Waals surface area contributed by atoms with E-state index in [4.69, 9.17) is 5.11 Å². The number of aryl methyl sites for hydroxylation is 2. The highest BCUT2D eigenvalue weighted by atomic mass is 16.4. The summed E-state index contributed by atoms with van der Waals surface area (Å²) in [7, 11) is 1.91. The highest BCUT2D eigenvalue weighted by Crippen LogP contribution is 2.26. The second kappa shape index (κ2) is 4.49. The number of aromatic nitrogens is 2. The van der Waals surface area contributed by atoms with Crippen LogP contribution in [0.4, 0.5) is 0 Å². The molecule has 0 aliphatic carbocycles. The molecule has 0 fully saturated rings. The lowest BCUT2D eigenvalue weighted by Gasteiger charge is -2.05. The van der Waals surface area contributed by atoms with Gasteiger partial charge in [0.15, 0.2) is 0 Å². The summed E-state index contributed by atoms with van der Waals surface area (Å²) in [5, 5.41) is 9.07. The van der Waals surface area contributed by atoms with Crippen molar-refractivity contribution in [3.63, 3.8) is 0 Å². The van der Waals surface area contributed by atoms with Crippen LogP contribution in [-0.4, -0.2) is 20.6 Å². The number of fused-ring (bicyclic) bond motifs is 1. The first-order valence-corrected chi connectivity index (χ1v) is 6.33. The van der Waals surface area contributed by atoms with Crippen molar-refractivity contribution >= 4 is 17.0 Å². The molecule has 20 heavy (non-hydrogen) atoms. The van der Waals surface area contributed by atoms with Crippen LogP contribution in [0, 0.1) is 6.92 Å². The second-order valence-electron chi connectivity index (χ2n) is 4.82. The van der Waals surface area contributed by atoms with Crippen LogP contribution in [0.2, 0.25) is 0 Å². The van der Waals surface area contributed by atoms with Crippen LogP contribution >= 0.6 is 0 Å². The molecule has 1 heterocycles. The lowest BCUT2D eigenvalue weighted by Crippen LogP contribution is -1.97. The third-order valence-corrected chi connectivity index (χ3v) is 3.51. The lowest BCUT2D eigenvalue weighted by molar-refractivity contribution is 0.0697. The van der Waals surface area contributed by atoms with Crippen LogP contribution in [0.5, 0.6) is 0 Å². The topological polar surface area (TPSA) is 55.1 Å². The van der Waals surface area contributed by atoms with E-state index in [1.807, 2.05) is 42.8 Å². The van der Waals surface area contributed by atoms with Crippen molar-refractivity contribution in [1.82, 2.24) is 9.55 Å². The standard InChI is InChI=1S/C16H14N2O2/c1-10-5-3-4-6-12(10)15-17-13-8-7-11(16(19)20)9-14(13)18(15)2/h3-9H,1-2H3,(H,19,20). The van der Waals surface area contributed by atoms with Gasteiger partial charge >= 0.3 is 5.97 Å². The Morgan fingerprint density at radius 2 is 1.95 bits per heavy atom. The minimum Gasteiger partial charge on any atom is -0.478 e. The van der Waals surface area contributed by atoms with Gasteiger partial charge in [-0.3, -0.25) is 0 Å². The molecule has 4 heteroatoms. The Kier molecular flexibility index (Phi) is 2.79. The summed E-state index contributed by atoms with van der Waals surface area (Å²) < 4.78 is 1.93. The lowest BCUT2D eigenvalue weighted by atomic mass is 10.1. The van der Waals surface area contributed by atoms with Crippen molar-refractivity contribution in [3.05, 3.63) is 53.6 Å². The summed E-state index contributed by atoms with van der Waals surface area (Å²) in [4.78, 5) is 15.7. The van der Waals surface area contributed by atoms with Gasteiger partial charge in [0, 0.05) is 12.6 Å². The van der Waals surface area contributed by atoms with Gasteiger partial charge in [-0.05, 0) is 30.7 Å². The molecule has 0 atom stereocenters. The fourth-order valence-electron chi connectivity index (χ4n) is 2.39. The van der Waals surface area contributed by atoms with E-state index in [1.165, 1.54) is 0 Å². The molecule has 0 bridgehead atoms. The highest BCUT2D eigenvalue weighted by molar-refractivity contribution is 5.93. The van der Waals surface area contributed by atoms with Crippen molar-refractivity contribution < 1.29 is 9.90 Å². The SMILES string of the molecule is Cc1ccccc1-c1nc2ccc(C(=O)O)cc2n1C. The molecule has 4 nitrogen and oxygen atoms in total. The molecule has 0 amide bonds. The van der Waals surface area contributed by atoms with Crippen molar-refractivity contribution in [1.29, 1.82) is 0 Å². The number of carboxylic acids is 1. The van der Waals surface area contributed by atoms with E-state index in [2.05, 4.69) is 4.98 Å². The number of hydrogen-bond acceptors (Lipinski definition) is 2. The van der Waals surface area contributed by atoms with E-state index in [1.54, 1.807) is 18.2 Å². The molecule has 3 aromatic rings. The number of nitrogens with zero attached hydrogens (tertiary/aromatic N) is 2. The minimum absolute atomic E-state index is 0.275. The predicted octanol–water partition coefficient (Wildman–Crippen LogP) is 3.25. The molecule has 0 aliphatic rings. The van der Waals surface area contributed by atoms with Crippen LogP contribution in [0.15, 0.2) is 42.5 Å². The first kappa shape index (κ1) is 12.4. The Bertz CT molecular complexity index is 818. The Labute approximate surface area is 116 Å². The van der Waals surface area contributed by atoms with Gasteiger partial charge in [0.05, 0.1) is 16.6 Å². The van der Waals surface area contributed by atoms with Crippen LogP contribution < -0.4 is 0 Å². The Balaban J connectivity index is 2.26. The molecular formula is C16H14N2O2. The van der Waals surface area contributed by atoms with Crippen LogP contribution in [0.25, 0.3) is 22.4 Å². The van der Waals surface area contributed by atoms with Gasteiger partial charge in [-0.1, -0.05) is 24.3 Å². The molecule has 0 aliphatic heterocycles.